The molecule has 0 unspecified atom stereocenters. The van der Waals surface area contributed by atoms with Gasteiger partial charge in [0.2, 0.25) is 0 Å². The number of hydrogen-bond acceptors (Lipinski definition) is 4. The van der Waals surface area contributed by atoms with Crippen LogP contribution < -0.4 is 5.73 Å². The molecule has 0 fully saturated rings. The molecule has 0 spiro atoms. The average Bonchev–Trinajstić information content (AvgIpc) is 2.34. The van der Waals surface area contributed by atoms with Crippen LogP contribution >= 0.6 is 11.3 Å². The van der Waals surface area contributed by atoms with Crippen LogP contribution in [0.2, 0.25) is 0 Å². The van der Waals surface area contributed by atoms with Crippen LogP contribution in [-0.2, 0) is 4.79 Å². The number of halogens is 1. The van der Waals surface area contributed by atoms with Crippen molar-refractivity contribution < 1.29 is 14.3 Å². The summed E-state index contributed by atoms with van der Waals surface area (Å²) in [6.07, 6.45) is 1.04. The molecule has 0 aliphatic rings. The van der Waals surface area contributed by atoms with Crippen molar-refractivity contribution in [3.63, 3.8) is 0 Å². The van der Waals surface area contributed by atoms with Crippen LogP contribution in [0.5, 0.6) is 0 Å². The van der Waals surface area contributed by atoms with Gasteiger partial charge in [0.1, 0.15) is 0 Å². The number of thiazole rings is 1. The number of nitrogens with two attached hydrogens (primary N) is 1. The third-order valence-corrected chi connectivity index (χ3v) is 1.53. The number of aromatic nitrogens is 1. The van der Waals surface area contributed by atoms with E-state index in [9.17, 15) is 4.39 Å². The van der Waals surface area contributed by atoms with E-state index >= 15 is 0 Å². The lowest BCUT2D eigenvalue weighted by Gasteiger charge is -1.83. The standard InChI is InChI=1S/C4H4FN3S.C2H4O2/c5-2-1-8-4(9-2)3(6)7;1-2(3)4/h1H,(H3,6,7);1H3,(H,3,4). The van der Waals surface area contributed by atoms with E-state index in [1.807, 2.05) is 0 Å². The SMILES string of the molecule is CC(=O)O.N=C(N)c1ncc(F)s1. The summed E-state index contributed by atoms with van der Waals surface area (Å²) in [5.74, 6) is -1.02. The number of nitrogens with one attached hydrogen (secondary N) is 1. The summed E-state index contributed by atoms with van der Waals surface area (Å²) in [4.78, 5) is 12.5. The zero-order valence-corrected chi connectivity index (χ0v) is 7.56. The number of amidine groups is 1. The summed E-state index contributed by atoms with van der Waals surface area (Å²) in [6, 6.07) is 0. The Balaban J connectivity index is 0.000000310. The number of carboxylic acids is 1. The second-order valence-electron chi connectivity index (χ2n) is 1.90. The molecular weight excluding hydrogens is 197 g/mol. The highest BCUT2D eigenvalue weighted by molar-refractivity contribution is 7.12. The van der Waals surface area contributed by atoms with Crippen molar-refractivity contribution in [3.8, 4) is 0 Å². The predicted octanol–water partition coefficient (Wildman–Crippen LogP) is 0.657. The molecule has 13 heavy (non-hydrogen) atoms. The van der Waals surface area contributed by atoms with Crippen molar-refractivity contribution in [2.24, 2.45) is 5.73 Å². The highest BCUT2D eigenvalue weighted by Crippen LogP contribution is 2.08. The maximum Gasteiger partial charge on any atom is 0.300 e. The largest absolute Gasteiger partial charge is 0.481 e. The summed E-state index contributed by atoms with van der Waals surface area (Å²) in [7, 11) is 0. The molecule has 72 valence electrons. The fourth-order valence-electron chi connectivity index (χ4n) is 0.379. The first kappa shape index (κ1) is 11.5. The molecule has 1 aromatic rings. The number of rotatable bonds is 1. The number of nitrogens with zero attached hydrogens (tertiary/aromatic N) is 1. The van der Waals surface area contributed by atoms with Gasteiger partial charge in [-0.15, -0.1) is 0 Å². The molecule has 0 bridgehead atoms. The molecule has 0 aromatic carbocycles. The Kier molecular flexibility index (Phi) is 4.60. The minimum Gasteiger partial charge on any atom is -0.481 e. The monoisotopic (exact) mass is 205 g/mol. The van der Waals surface area contributed by atoms with Gasteiger partial charge in [-0.25, -0.2) is 4.98 Å². The van der Waals surface area contributed by atoms with Gasteiger partial charge in [-0.1, -0.05) is 11.3 Å². The highest BCUT2D eigenvalue weighted by Gasteiger charge is 2.01. The van der Waals surface area contributed by atoms with Gasteiger partial charge in [0.15, 0.2) is 16.0 Å². The molecule has 0 atom stereocenters. The van der Waals surface area contributed by atoms with E-state index in [2.05, 4.69) is 4.98 Å². The third kappa shape index (κ3) is 5.74. The van der Waals surface area contributed by atoms with Crippen molar-refractivity contribution in [1.29, 1.82) is 5.41 Å². The van der Waals surface area contributed by atoms with Crippen molar-refractivity contribution in [2.45, 2.75) is 6.92 Å². The van der Waals surface area contributed by atoms with Gasteiger partial charge in [0, 0.05) is 6.92 Å². The first-order chi connectivity index (χ1) is 5.93. The lowest BCUT2D eigenvalue weighted by molar-refractivity contribution is -0.134. The van der Waals surface area contributed by atoms with Crippen molar-refractivity contribution in [3.05, 3.63) is 16.3 Å². The van der Waals surface area contributed by atoms with Crippen LogP contribution in [0.15, 0.2) is 6.20 Å². The molecule has 0 radical (unpaired) electrons. The summed E-state index contributed by atoms with van der Waals surface area (Å²) in [5, 5.41) is 14.0. The molecule has 7 heteroatoms. The third-order valence-electron chi connectivity index (χ3n) is 0.708. The summed E-state index contributed by atoms with van der Waals surface area (Å²) in [6.45, 7) is 1.08. The van der Waals surface area contributed by atoms with Gasteiger partial charge < -0.3 is 10.8 Å². The quantitative estimate of drug-likeness (QED) is 0.463. The van der Waals surface area contributed by atoms with Crippen LogP contribution in [-0.4, -0.2) is 21.9 Å². The fourth-order valence-corrected chi connectivity index (χ4v) is 0.884. The van der Waals surface area contributed by atoms with E-state index in [1.54, 1.807) is 0 Å². The van der Waals surface area contributed by atoms with Gasteiger partial charge in [0.05, 0.1) is 6.20 Å². The van der Waals surface area contributed by atoms with Gasteiger partial charge in [-0.05, 0) is 0 Å². The Bertz CT molecular complexity index is 309. The minimum atomic E-state index is -0.833. The number of carboxylic acid groups (broad SMARTS) is 1. The molecule has 4 N–H and O–H groups in total. The van der Waals surface area contributed by atoms with Crippen molar-refractivity contribution >= 4 is 23.1 Å². The molecular formula is C6H8FN3O2S. The Morgan fingerprint density at radius 1 is 1.85 bits per heavy atom. The highest BCUT2D eigenvalue weighted by atomic mass is 32.1. The van der Waals surface area contributed by atoms with Gasteiger partial charge in [-0.3, -0.25) is 10.2 Å². The van der Waals surface area contributed by atoms with Crippen molar-refractivity contribution in [2.75, 3.05) is 0 Å². The summed E-state index contributed by atoms with van der Waals surface area (Å²) < 4.78 is 12.1. The lowest BCUT2D eigenvalue weighted by atomic mass is 10.6. The van der Waals surface area contributed by atoms with E-state index in [-0.39, 0.29) is 10.8 Å². The molecule has 0 aliphatic heterocycles. The van der Waals surface area contributed by atoms with Gasteiger partial charge in [-0.2, -0.15) is 4.39 Å². The lowest BCUT2D eigenvalue weighted by Crippen LogP contribution is -2.09. The number of hydrogen-bond donors (Lipinski definition) is 3. The summed E-state index contributed by atoms with van der Waals surface area (Å²) in [5.41, 5.74) is 4.99. The first-order valence-corrected chi connectivity index (χ1v) is 3.90. The zero-order chi connectivity index (χ0) is 10.4. The fraction of sp³-hybridized carbons (Fsp3) is 0.167. The molecule has 1 heterocycles. The molecule has 5 nitrogen and oxygen atoms in total. The van der Waals surface area contributed by atoms with Gasteiger partial charge in [0.25, 0.3) is 5.97 Å². The molecule has 0 saturated carbocycles. The number of carbonyl (C=O) groups is 1. The maximum absolute atomic E-state index is 12.1. The van der Waals surface area contributed by atoms with E-state index < -0.39 is 11.1 Å². The average molecular weight is 205 g/mol. The number of aliphatic carboxylic acids is 1. The molecule has 0 aliphatic carbocycles. The Morgan fingerprint density at radius 2 is 2.31 bits per heavy atom. The predicted molar refractivity (Wildman–Crippen MR) is 46.4 cm³/mol. The van der Waals surface area contributed by atoms with E-state index in [0.29, 0.717) is 0 Å². The first-order valence-electron chi connectivity index (χ1n) is 3.08. The molecule has 0 amide bonds. The van der Waals surface area contributed by atoms with E-state index in [0.717, 1.165) is 24.5 Å². The molecule has 1 rings (SSSR count). The van der Waals surface area contributed by atoms with Gasteiger partial charge >= 0.3 is 0 Å². The van der Waals surface area contributed by atoms with E-state index in [1.165, 1.54) is 0 Å². The Hall–Kier alpha value is -1.50. The topological polar surface area (TPSA) is 100 Å². The van der Waals surface area contributed by atoms with Crippen LogP contribution in [0.4, 0.5) is 4.39 Å². The molecule has 0 saturated heterocycles. The van der Waals surface area contributed by atoms with Crippen LogP contribution in [0.1, 0.15) is 11.9 Å². The number of nitrogen functional groups attached to an aromatic ring is 1. The maximum atomic E-state index is 12.1. The second kappa shape index (κ2) is 5.20. The second-order valence-corrected chi connectivity index (χ2v) is 2.88. The van der Waals surface area contributed by atoms with E-state index in [4.69, 9.17) is 21.0 Å². The Morgan fingerprint density at radius 3 is 2.46 bits per heavy atom. The molecule has 1 aromatic heterocycles. The van der Waals surface area contributed by atoms with Crippen molar-refractivity contribution in [1.82, 2.24) is 4.98 Å². The smallest absolute Gasteiger partial charge is 0.300 e. The summed E-state index contributed by atoms with van der Waals surface area (Å²) >= 11 is 0.769. The van der Waals surface area contributed by atoms with Crippen LogP contribution in [0, 0.1) is 10.5 Å². The Labute approximate surface area is 77.5 Å². The minimum absolute atomic E-state index is 0.191. The van der Waals surface area contributed by atoms with Crippen LogP contribution in [0.25, 0.3) is 0 Å². The van der Waals surface area contributed by atoms with Crippen LogP contribution in [0.3, 0.4) is 0 Å². The normalized spacial score (nSPS) is 8.46. The zero-order valence-electron chi connectivity index (χ0n) is 6.74.